The van der Waals surface area contributed by atoms with Crippen molar-refractivity contribution >= 4 is 23.1 Å². The van der Waals surface area contributed by atoms with Gasteiger partial charge in [-0.2, -0.15) is 9.61 Å². The van der Waals surface area contributed by atoms with Crippen LogP contribution in [0.3, 0.4) is 0 Å². The number of piperazine rings is 1. The number of hydrogen-bond acceptors (Lipinski definition) is 4. The highest BCUT2D eigenvalue weighted by atomic mass is 35.5. The normalized spacial score (nSPS) is 15.6. The van der Waals surface area contributed by atoms with Crippen LogP contribution in [0.15, 0.2) is 30.3 Å². The molecule has 0 radical (unpaired) electrons. The molecular weight excluding hydrogens is 362 g/mol. The van der Waals surface area contributed by atoms with Gasteiger partial charge in [0.2, 0.25) is 0 Å². The van der Waals surface area contributed by atoms with Crippen LogP contribution < -0.4 is 9.80 Å². The average molecular weight is 387 g/mol. The van der Waals surface area contributed by atoms with Crippen LogP contribution in [0, 0.1) is 13.8 Å². The Morgan fingerprint density at radius 2 is 1.93 bits per heavy atom. The van der Waals surface area contributed by atoms with E-state index in [1.807, 2.05) is 42.6 Å². The summed E-state index contributed by atoms with van der Waals surface area (Å²) in [5, 5.41) is 14.7. The third kappa shape index (κ3) is 3.40. The largest absolute Gasteiger partial charge is 0.391 e. The van der Waals surface area contributed by atoms with Crippen molar-refractivity contribution in [2.24, 2.45) is 0 Å². The van der Waals surface area contributed by atoms with Gasteiger partial charge in [0.25, 0.3) is 0 Å². The van der Waals surface area contributed by atoms with Crippen LogP contribution in [0.25, 0.3) is 16.8 Å². The third-order valence-corrected chi connectivity index (χ3v) is 5.61. The molecule has 0 unspecified atom stereocenters. The molecule has 1 saturated heterocycles. The van der Waals surface area contributed by atoms with E-state index in [2.05, 4.69) is 11.0 Å². The molecule has 0 aliphatic carbocycles. The lowest BCUT2D eigenvalue weighted by Crippen LogP contribution is -3.15. The standard InChI is InChI=1S/C20H24ClN5O/c1-14-13-18(25-9-7-24(8-10-25)11-12-27)26-20(22-14)19(15(2)23-26)16-5-3-4-6-17(16)21/h3-6,13,27H,7-12H2,1-2H3/p+1. The van der Waals surface area contributed by atoms with Gasteiger partial charge in [0, 0.05) is 22.3 Å². The number of rotatable bonds is 4. The second-order valence-electron chi connectivity index (χ2n) is 7.14. The maximum atomic E-state index is 9.18. The van der Waals surface area contributed by atoms with Gasteiger partial charge in [-0.1, -0.05) is 29.8 Å². The average Bonchev–Trinajstić information content (AvgIpc) is 2.98. The number of benzene rings is 1. The fraction of sp³-hybridized carbons (Fsp3) is 0.400. The SMILES string of the molecule is Cc1cc(N2CC[NH+](CCO)CC2)n2nc(C)c(-c3ccccc3Cl)c2n1. The number of nitrogens with one attached hydrogen (secondary N) is 1. The van der Waals surface area contributed by atoms with Crippen molar-refractivity contribution in [1.29, 1.82) is 0 Å². The minimum absolute atomic E-state index is 0.244. The summed E-state index contributed by atoms with van der Waals surface area (Å²) in [5.74, 6) is 1.07. The topological polar surface area (TPSA) is 58.1 Å². The van der Waals surface area contributed by atoms with Crippen LogP contribution >= 0.6 is 11.6 Å². The van der Waals surface area contributed by atoms with E-state index < -0.39 is 0 Å². The van der Waals surface area contributed by atoms with Gasteiger partial charge in [0.1, 0.15) is 12.4 Å². The number of aromatic nitrogens is 3. The molecule has 7 heteroatoms. The zero-order chi connectivity index (χ0) is 19.0. The third-order valence-electron chi connectivity index (χ3n) is 5.28. The molecule has 3 heterocycles. The first-order chi connectivity index (χ1) is 13.1. The first-order valence-electron chi connectivity index (χ1n) is 9.39. The van der Waals surface area contributed by atoms with E-state index in [4.69, 9.17) is 21.7 Å². The Balaban J connectivity index is 1.78. The van der Waals surface area contributed by atoms with E-state index >= 15 is 0 Å². The maximum Gasteiger partial charge on any atom is 0.165 e. The first kappa shape index (κ1) is 18.2. The van der Waals surface area contributed by atoms with Crippen LogP contribution in [-0.4, -0.2) is 59.0 Å². The Labute approximate surface area is 164 Å². The highest BCUT2D eigenvalue weighted by molar-refractivity contribution is 6.33. The molecule has 2 aromatic heterocycles. The van der Waals surface area contributed by atoms with E-state index in [1.54, 1.807) is 0 Å². The molecule has 1 aromatic carbocycles. The first-order valence-corrected chi connectivity index (χ1v) is 9.77. The fourth-order valence-corrected chi connectivity index (χ4v) is 4.12. The maximum absolute atomic E-state index is 9.18. The van der Waals surface area contributed by atoms with Gasteiger partial charge in [0.05, 0.1) is 44.0 Å². The summed E-state index contributed by atoms with van der Waals surface area (Å²) in [6.07, 6.45) is 0. The van der Waals surface area contributed by atoms with Crippen molar-refractivity contribution in [1.82, 2.24) is 14.6 Å². The molecule has 142 valence electrons. The molecule has 27 heavy (non-hydrogen) atoms. The lowest BCUT2D eigenvalue weighted by molar-refractivity contribution is -0.900. The quantitative estimate of drug-likeness (QED) is 0.711. The minimum Gasteiger partial charge on any atom is -0.391 e. The van der Waals surface area contributed by atoms with E-state index in [1.165, 1.54) is 4.90 Å². The Kier molecular flexibility index (Phi) is 5.04. The van der Waals surface area contributed by atoms with E-state index in [-0.39, 0.29) is 6.61 Å². The molecule has 0 saturated carbocycles. The van der Waals surface area contributed by atoms with Crippen LogP contribution in [0.5, 0.6) is 0 Å². The Bertz CT molecular complexity index is 962. The van der Waals surface area contributed by atoms with Gasteiger partial charge in [-0.3, -0.25) is 0 Å². The van der Waals surface area contributed by atoms with Gasteiger partial charge in [-0.05, 0) is 19.9 Å². The molecular formula is C20H25ClN5O+. The molecule has 2 N–H and O–H groups in total. The number of aryl methyl sites for hydroxylation is 2. The summed E-state index contributed by atoms with van der Waals surface area (Å²) in [5.41, 5.74) is 4.70. The number of halogens is 1. The van der Waals surface area contributed by atoms with Crippen molar-refractivity contribution in [2.75, 3.05) is 44.2 Å². The van der Waals surface area contributed by atoms with Crippen molar-refractivity contribution in [2.45, 2.75) is 13.8 Å². The Morgan fingerprint density at radius 1 is 1.19 bits per heavy atom. The molecule has 1 aliphatic rings. The number of aliphatic hydroxyl groups excluding tert-OH is 1. The van der Waals surface area contributed by atoms with Gasteiger partial charge < -0.3 is 14.9 Å². The van der Waals surface area contributed by atoms with Crippen LogP contribution in [0.1, 0.15) is 11.4 Å². The second kappa shape index (κ2) is 7.46. The summed E-state index contributed by atoms with van der Waals surface area (Å²) in [4.78, 5) is 8.61. The molecule has 0 amide bonds. The molecule has 6 nitrogen and oxygen atoms in total. The highest BCUT2D eigenvalue weighted by Crippen LogP contribution is 2.34. The van der Waals surface area contributed by atoms with Gasteiger partial charge in [-0.15, -0.1) is 0 Å². The zero-order valence-corrected chi connectivity index (χ0v) is 16.5. The van der Waals surface area contributed by atoms with E-state index in [0.29, 0.717) is 5.02 Å². The van der Waals surface area contributed by atoms with E-state index in [0.717, 1.165) is 66.7 Å². The second-order valence-corrected chi connectivity index (χ2v) is 7.55. The van der Waals surface area contributed by atoms with E-state index in [9.17, 15) is 5.11 Å². The molecule has 0 spiro atoms. The lowest BCUT2D eigenvalue weighted by Gasteiger charge is -2.33. The number of hydrogen-bond donors (Lipinski definition) is 2. The van der Waals surface area contributed by atoms with Gasteiger partial charge >= 0.3 is 0 Å². The van der Waals surface area contributed by atoms with Crippen LogP contribution in [-0.2, 0) is 0 Å². The summed E-state index contributed by atoms with van der Waals surface area (Å²) in [7, 11) is 0. The van der Waals surface area contributed by atoms with Crippen LogP contribution in [0.4, 0.5) is 5.82 Å². The van der Waals surface area contributed by atoms with Crippen molar-refractivity contribution < 1.29 is 10.0 Å². The predicted molar refractivity (Wildman–Crippen MR) is 108 cm³/mol. The molecule has 0 atom stereocenters. The summed E-state index contributed by atoms with van der Waals surface area (Å²) >= 11 is 6.46. The molecule has 1 fully saturated rings. The lowest BCUT2D eigenvalue weighted by atomic mass is 10.1. The molecule has 3 aromatic rings. The van der Waals surface area contributed by atoms with Gasteiger partial charge in [-0.25, -0.2) is 4.98 Å². The molecule has 4 rings (SSSR count). The number of fused-ring (bicyclic) bond motifs is 1. The summed E-state index contributed by atoms with van der Waals surface area (Å²) < 4.78 is 1.96. The number of quaternary nitrogens is 1. The van der Waals surface area contributed by atoms with Crippen molar-refractivity contribution in [3.8, 4) is 11.1 Å². The summed E-state index contributed by atoms with van der Waals surface area (Å²) in [6, 6.07) is 9.95. The smallest absolute Gasteiger partial charge is 0.165 e. The number of aliphatic hydroxyl groups is 1. The van der Waals surface area contributed by atoms with Gasteiger partial charge in [0.15, 0.2) is 5.65 Å². The number of nitrogens with zero attached hydrogens (tertiary/aromatic N) is 4. The van der Waals surface area contributed by atoms with Crippen molar-refractivity contribution in [3.05, 3.63) is 46.7 Å². The summed E-state index contributed by atoms with van der Waals surface area (Å²) in [6.45, 7) is 9.00. The molecule has 0 bridgehead atoms. The number of anilines is 1. The molecule has 1 aliphatic heterocycles. The predicted octanol–water partition coefficient (Wildman–Crippen LogP) is 1.36. The zero-order valence-electron chi connectivity index (χ0n) is 15.7. The van der Waals surface area contributed by atoms with Crippen LogP contribution in [0.2, 0.25) is 5.02 Å². The monoisotopic (exact) mass is 386 g/mol. The van der Waals surface area contributed by atoms with Crippen molar-refractivity contribution in [3.63, 3.8) is 0 Å². The Hall–Kier alpha value is -2.15. The Morgan fingerprint density at radius 3 is 2.63 bits per heavy atom. The highest BCUT2D eigenvalue weighted by Gasteiger charge is 2.24. The fourth-order valence-electron chi connectivity index (χ4n) is 3.89. The minimum atomic E-state index is 0.244.